The van der Waals surface area contributed by atoms with E-state index in [0.29, 0.717) is 22.5 Å². The minimum Gasteiger partial charge on any atom is -0.493 e. The molecule has 1 aliphatic rings. The maximum Gasteiger partial charge on any atom is 0.251 e. The molecule has 206 valence electrons. The highest BCUT2D eigenvalue weighted by atomic mass is 32.2. The molecule has 8 heteroatoms. The van der Waals surface area contributed by atoms with Crippen molar-refractivity contribution in [2.45, 2.75) is 36.2 Å². The molecule has 3 aromatic carbocycles. The van der Waals surface area contributed by atoms with Crippen LogP contribution >= 0.6 is 11.8 Å². The molecule has 4 aromatic rings. The number of hydrogen-bond donors (Lipinski definition) is 1. The van der Waals surface area contributed by atoms with Crippen LogP contribution in [0.1, 0.15) is 34.3 Å². The summed E-state index contributed by atoms with van der Waals surface area (Å²) in [5.41, 5.74) is 4.91. The molecule has 1 saturated carbocycles. The molecule has 1 N–H and O–H groups in total. The summed E-state index contributed by atoms with van der Waals surface area (Å²) in [6.45, 7) is 0.773. The standard InChI is InChI=1S/C32H34N4O3S/c1-36(18-17-22-11-16-28(38-2)29(19-22)39-3)30-20-27(24-7-5-4-6-8-24)34-32(35-30)40-21-23-9-12-25(13-10-23)31(37)33-26-14-15-26/h4-13,16,19-20,26H,14-15,17-18,21H2,1-3H3,(H,33,37). The van der Waals surface area contributed by atoms with E-state index in [-0.39, 0.29) is 5.91 Å². The van der Waals surface area contributed by atoms with E-state index in [2.05, 4.69) is 35.5 Å². The van der Waals surface area contributed by atoms with Gasteiger partial charge in [-0.3, -0.25) is 4.79 Å². The number of thioether (sulfide) groups is 1. The molecule has 0 radical (unpaired) electrons. The maximum absolute atomic E-state index is 12.3. The molecule has 0 aliphatic heterocycles. The lowest BCUT2D eigenvalue weighted by atomic mass is 10.1. The largest absolute Gasteiger partial charge is 0.493 e. The molecule has 0 spiro atoms. The van der Waals surface area contributed by atoms with Gasteiger partial charge in [-0.15, -0.1) is 0 Å². The van der Waals surface area contributed by atoms with Crippen molar-refractivity contribution in [3.8, 4) is 22.8 Å². The summed E-state index contributed by atoms with van der Waals surface area (Å²) in [4.78, 5) is 24.2. The average Bonchev–Trinajstić information content (AvgIpc) is 3.83. The van der Waals surface area contributed by atoms with Gasteiger partial charge in [0, 0.05) is 42.6 Å². The molecule has 0 atom stereocenters. The molecule has 1 amide bonds. The van der Waals surface area contributed by atoms with Gasteiger partial charge in [0.25, 0.3) is 5.91 Å². The van der Waals surface area contributed by atoms with Crippen LogP contribution in [0.5, 0.6) is 11.5 Å². The number of methoxy groups -OCH3 is 2. The summed E-state index contributed by atoms with van der Waals surface area (Å²) in [6.07, 6.45) is 2.98. The summed E-state index contributed by atoms with van der Waals surface area (Å²) in [7, 11) is 5.35. The SMILES string of the molecule is COc1ccc(CCN(C)c2cc(-c3ccccc3)nc(SCc3ccc(C(=O)NC4CC4)cc3)n2)cc1OC. The van der Waals surface area contributed by atoms with Gasteiger partial charge in [0.2, 0.25) is 0 Å². The third-order valence-corrected chi connectivity index (χ3v) is 7.75. The fourth-order valence-corrected chi connectivity index (χ4v) is 5.08. The zero-order valence-electron chi connectivity index (χ0n) is 23.1. The molecule has 1 aliphatic carbocycles. The van der Waals surface area contributed by atoms with E-state index in [9.17, 15) is 4.79 Å². The highest BCUT2D eigenvalue weighted by Gasteiger charge is 2.23. The number of amides is 1. The van der Waals surface area contributed by atoms with E-state index in [1.54, 1.807) is 26.0 Å². The Morgan fingerprint density at radius 1 is 0.925 bits per heavy atom. The van der Waals surface area contributed by atoms with E-state index in [4.69, 9.17) is 19.4 Å². The van der Waals surface area contributed by atoms with E-state index in [1.807, 2.05) is 60.7 Å². The maximum atomic E-state index is 12.3. The van der Waals surface area contributed by atoms with E-state index < -0.39 is 0 Å². The van der Waals surface area contributed by atoms with E-state index in [0.717, 1.165) is 65.5 Å². The van der Waals surface area contributed by atoms with Crippen LogP contribution in [0.4, 0.5) is 5.82 Å². The Bertz CT molecular complexity index is 1440. The zero-order valence-corrected chi connectivity index (χ0v) is 23.9. The predicted octanol–water partition coefficient (Wildman–Crippen LogP) is 6.02. The number of aromatic nitrogens is 2. The molecule has 1 aromatic heterocycles. The Labute approximate surface area is 240 Å². The molecule has 1 fully saturated rings. The number of anilines is 1. The fourth-order valence-electron chi connectivity index (χ4n) is 4.27. The van der Waals surface area contributed by atoms with Crippen LogP contribution in [0.3, 0.4) is 0 Å². The predicted molar refractivity (Wildman–Crippen MR) is 160 cm³/mol. The van der Waals surface area contributed by atoms with Gasteiger partial charge in [-0.05, 0) is 54.7 Å². The number of benzene rings is 3. The molecule has 5 rings (SSSR count). The summed E-state index contributed by atoms with van der Waals surface area (Å²) in [5, 5.41) is 3.75. The normalized spacial score (nSPS) is 12.6. The number of nitrogens with zero attached hydrogens (tertiary/aromatic N) is 3. The van der Waals surface area contributed by atoms with Gasteiger partial charge in [0.05, 0.1) is 19.9 Å². The van der Waals surface area contributed by atoms with Crippen molar-refractivity contribution < 1.29 is 14.3 Å². The summed E-state index contributed by atoms with van der Waals surface area (Å²) >= 11 is 1.59. The molecule has 1 heterocycles. The second-order valence-corrected chi connectivity index (χ2v) is 10.8. The van der Waals surface area contributed by atoms with Gasteiger partial charge in [-0.1, -0.05) is 60.3 Å². The highest BCUT2D eigenvalue weighted by molar-refractivity contribution is 7.98. The first-order valence-electron chi connectivity index (χ1n) is 13.4. The molecular weight excluding hydrogens is 520 g/mol. The lowest BCUT2D eigenvalue weighted by Crippen LogP contribution is -2.25. The van der Waals surface area contributed by atoms with Crippen LogP contribution in [0.15, 0.2) is 84.0 Å². The number of carbonyl (C=O) groups excluding carboxylic acids is 1. The first-order valence-corrected chi connectivity index (χ1v) is 14.4. The Hall–Kier alpha value is -4.04. The van der Waals surface area contributed by atoms with Crippen LogP contribution in [0.2, 0.25) is 0 Å². The molecule has 0 unspecified atom stereocenters. The minimum atomic E-state index is 0.00126. The fraction of sp³-hybridized carbons (Fsp3) is 0.281. The van der Waals surface area contributed by atoms with Gasteiger partial charge in [0.15, 0.2) is 16.7 Å². The number of nitrogens with one attached hydrogen (secondary N) is 1. The highest BCUT2D eigenvalue weighted by Crippen LogP contribution is 2.29. The van der Waals surface area contributed by atoms with Crippen LogP contribution in [0.25, 0.3) is 11.3 Å². The molecular formula is C32H34N4O3S. The quantitative estimate of drug-likeness (QED) is 0.169. The molecule has 40 heavy (non-hydrogen) atoms. The number of carbonyl (C=O) groups is 1. The Morgan fingerprint density at radius 2 is 1.65 bits per heavy atom. The lowest BCUT2D eigenvalue weighted by Gasteiger charge is -2.20. The number of hydrogen-bond acceptors (Lipinski definition) is 7. The van der Waals surface area contributed by atoms with Crippen molar-refractivity contribution in [3.63, 3.8) is 0 Å². The topological polar surface area (TPSA) is 76.6 Å². The third-order valence-electron chi connectivity index (χ3n) is 6.83. The number of ether oxygens (including phenoxy) is 2. The van der Waals surface area contributed by atoms with E-state index >= 15 is 0 Å². The monoisotopic (exact) mass is 554 g/mol. The van der Waals surface area contributed by atoms with Crippen LogP contribution in [-0.4, -0.2) is 49.7 Å². The zero-order chi connectivity index (χ0) is 27.9. The van der Waals surface area contributed by atoms with Crippen molar-refractivity contribution in [2.75, 3.05) is 32.7 Å². The van der Waals surface area contributed by atoms with Gasteiger partial charge >= 0.3 is 0 Å². The second kappa shape index (κ2) is 12.9. The molecule has 7 nitrogen and oxygen atoms in total. The Balaban J connectivity index is 1.30. The van der Waals surface area contributed by atoms with E-state index in [1.165, 1.54) is 0 Å². The third kappa shape index (κ3) is 7.12. The van der Waals surface area contributed by atoms with Crippen molar-refractivity contribution >= 4 is 23.5 Å². The Morgan fingerprint density at radius 3 is 2.35 bits per heavy atom. The first-order chi connectivity index (χ1) is 19.5. The van der Waals surface area contributed by atoms with Crippen LogP contribution in [0, 0.1) is 0 Å². The lowest BCUT2D eigenvalue weighted by molar-refractivity contribution is 0.0951. The number of likely N-dealkylation sites (N-methyl/N-ethyl adjacent to an activating group) is 1. The van der Waals surface area contributed by atoms with Gasteiger partial charge in [0.1, 0.15) is 5.82 Å². The number of rotatable bonds is 12. The van der Waals surface area contributed by atoms with Gasteiger partial charge < -0.3 is 19.7 Å². The van der Waals surface area contributed by atoms with Gasteiger partial charge in [-0.2, -0.15) is 0 Å². The smallest absolute Gasteiger partial charge is 0.251 e. The summed E-state index contributed by atoms with van der Waals surface area (Å²) in [5.74, 6) is 3.02. The Kier molecular flexibility index (Phi) is 8.86. The van der Waals surface area contributed by atoms with Crippen LogP contribution in [-0.2, 0) is 12.2 Å². The summed E-state index contributed by atoms with van der Waals surface area (Å²) < 4.78 is 10.8. The average molecular weight is 555 g/mol. The van der Waals surface area contributed by atoms with Gasteiger partial charge in [-0.25, -0.2) is 9.97 Å². The first kappa shape index (κ1) is 27.5. The minimum absolute atomic E-state index is 0.00126. The van der Waals surface area contributed by atoms with Crippen LogP contribution < -0.4 is 19.7 Å². The summed E-state index contributed by atoms with van der Waals surface area (Å²) in [6, 6.07) is 26.4. The molecule has 0 bridgehead atoms. The second-order valence-electron chi connectivity index (χ2n) is 9.85. The van der Waals surface area contributed by atoms with Crippen molar-refractivity contribution in [3.05, 3.63) is 95.6 Å². The molecule has 0 saturated heterocycles. The van der Waals surface area contributed by atoms with Crippen molar-refractivity contribution in [1.82, 2.24) is 15.3 Å². The van der Waals surface area contributed by atoms with Crippen molar-refractivity contribution in [2.24, 2.45) is 0 Å². The van der Waals surface area contributed by atoms with Crippen molar-refractivity contribution in [1.29, 1.82) is 0 Å².